The molecule has 8 nitrogen and oxygen atoms in total. The van der Waals surface area contributed by atoms with E-state index in [-0.39, 0.29) is 18.2 Å². The molecule has 8 heteroatoms. The summed E-state index contributed by atoms with van der Waals surface area (Å²) in [6.45, 7) is 2.27. The summed E-state index contributed by atoms with van der Waals surface area (Å²) in [7, 11) is 1.66. The SMILES string of the molecule is COc1ccc2[nH]c3c(c2c1)CCN(C1CC(=O)N(c2ccc4c(c2)OCCO4)C1=O)C3. The van der Waals surface area contributed by atoms with Crippen LogP contribution in [0, 0.1) is 0 Å². The number of benzene rings is 2. The average Bonchev–Trinajstić information content (AvgIpc) is 3.33. The fourth-order valence-corrected chi connectivity index (χ4v) is 4.98. The van der Waals surface area contributed by atoms with Gasteiger partial charge in [-0.2, -0.15) is 0 Å². The Morgan fingerprint density at radius 3 is 2.75 bits per heavy atom. The molecule has 3 aliphatic heterocycles. The van der Waals surface area contributed by atoms with Crippen molar-refractivity contribution in [3.63, 3.8) is 0 Å². The van der Waals surface area contributed by atoms with E-state index in [1.807, 2.05) is 18.2 Å². The Kier molecular flexibility index (Phi) is 4.36. The van der Waals surface area contributed by atoms with Gasteiger partial charge >= 0.3 is 0 Å². The van der Waals surface area contributed by atoms with Gasteiger partial charge in [0, 0.05) is 35.8 Å². The van der Waals surface area contributed by atoms with Crippen molar-refractivity contribution in [3.05, 3.63) is 47.7 Å². The molecule has 164 valence electrons. The highest BCUT2D eigenvalue weighted by molar-refractivity contribution is 6.22. The molecule has 1 fully saturated rings. The molecular weight excluding hydrogens is 410 g/mol. The molecule has 32 heavy (non-hydrogen) atoms. The van der Waals surface area contributed by atoms with Gasteiger partial charge in [-0.3, -0.25) is 14.5 Å². The van der Waals surface area contributed by atoms with E-state index >= 15 is 0 Å². The first kappa shape index (κ1) is 19.2. The van der Waals surface area contributed by atoms with Crippen LogP contribution < -0.4 is 19.1 Å². The second kappa shape index (κ2) is 7.27. The summed E-state index contributed by atoms with van der Waals surface area (Å²) >= 11 is 0. The van der Waals surface area contributed by atoms with Gasteiger partial charge in [0.25, 0.3) is 5.91 Å². The number of hydrogen-bond acceptors (Lipinski definition) is 6. The number of hydrogen-bond donors (Lipinski definition) is 1. The first-order valence-electron chi connectivity index (χ1n) is 10.8. The highest BCUT2D eigenvalue weighted by Crippen LogP contribution is 2.37. The third-order valence-electron chi connectivity index (χ3n) is 6.56. The number of carbonyl (C=O) groups is 2. The van der Waals surface area contributed by atoms with Crippen LogP contribution in [0.2, 0.25) is 0 Å². The molecule has 0 saturated carbocycles. The number of rotatable bonds is 3. The number of anilines is 1. The second-order valence-electron chi connectivity index (χ2n) is 8.33. The molecule has 0 bridgehead atoms. The van der Waals surface area contributed by atoms with E-state index in [4.69, 9.17) is 14.2 Å². The number of amides is 2. The van der Waals surface area contributed by atoms with Crippen LogP contribution in [0.4, 0.5) is 5.69 Å². The minimum atomic E-state index is -0.468. The summed E-state index contributed by atoms with van der Waals surface area (Å²) in [6, 6.07) is 10.7. The van der Waals surface area contributed by atoms with Gasteiger partial charge in [0.2, 0.25) is 5.91 Å². The number of carbonyl (C=O) groups excluding carboxylic acids is 2. The topological polar surface area (TPSA) is 84.1 Å². The Labute approximate surface area is 184 Å². The van der Waals surface area contributed by atoms with Crippen molar-refractivity contribution < 1.29 is 23.8 Å². The molecule has 1 aromatic heterocycles. The number of nitrogens with one attached hydrogen (secondary N) is 1. The van der Waals surface area contributed by atoms with E-state index in [9.17, 15) is 9.59 Å². The van der Waals surface area contributed by atoms with E-state index < -0.39 is 6.04 Å². The lowest BCUT2D eigenvalue weighted by Crippen LogP contribution is -2.44. The maximum absolute atomic E-state index is 13.3. The van der Waals surface area contributed by atoms with Gasteiger partial charge in [-0.15, -0.1) is 0 Å². The zero-order valence-electron chi connectivity index (χ0n) is 17.7. The molecule has 0 radical (unpaired) electrons. The molecule has 2 amide bonds. The quantitative estimate of drug-likeness (QED) is 0.640. The van der Waals surface area contributed by atoms with Crippen molar-refractivity contribution in [2.24, 2.45) is 0 Å². The molecular formula is C24H23N3O5. The van der Waals surface area contributed by atoms with Gasteiger partial charge in [0.15, 0.2) is 11.5 Å². The standard InChI is InChI=1S/C24H23N3O5/c1-30-15-3-4-18-17(11-15)16-6-7-26(13-19(16)25-18)20-12-23(28)27(24(20)29)14-2-5-21-22(10-14)32-9-8-31-21/h2-5,10-11,20,25H,6-9,12-13H2,1H3. The number of nitrogens with zero attached hydrogens (tertiary/aromatic N) is 2. The molecule has 4 heterocycles. The molecule has 6 rings (SSSR count). The van der Waals surface area contributed by atoms with E-state index in [2.05, 4.69) is 9.88 Å². The highest BCUT2D eigenvalue weighted by atomic mass is 16.6. The third-order valence-corrected chi connectivity index (χ3v) is 6.56. The van der Waals surface area contributed by atoms with Crippen molar-refractivity contribution in [2.45, 2.75) is 25.4 Å². The normalized spacial score (nSPS) is 20.7. The third kappa shape index (κ3) is 2.94. The Morgan fingerprint density at radius 1 is 1.06 bits per heavy atom. The monoisotopic (exact) mass is 433 g/mol. The first-order valence-corrected chi connectivity index (χ1v) is 10.8. The summed E-state index contributed by atoms with van der Waals surface area (Å²) in [5.74, 6) is 1.65. The molecule has 3 aromatic rings. The van der Waals surface area contributed by atoms with Crippen molar-refractivity contribution in [1.82, 2.24) is 9.88 Å². The molecule has 2 aromatic carbocycles. The van der Waals surface area contributed by atoms with Gasteiger partial charge < -0.3 is 19.2 Å². The summed E-state index contributed by atoms with van der Waals surface area (Å²) < 4.78 is 16.5. The van der Waals surface area contributed by atoms with Crippen molar-refractivity contribution in [3.8, 4) is 17.2 Å². The Hall–Kier alpha value is -3.52. The van der Waals surface area contributed by atoms with Crippen LogP contribution in [0.25, 0.3) is 10.9 Å². The molecule has 1 atom stereocenters. The van der Waals surface area contributed by atoms with E-state index in [1.165, 1.54) is 10.5 Å². The van der Waals surface area contributed by atoms with Crippen LogP contribution in [-0.4, -0.2) is 54.6 Å². The smallest absolute Gasteiger partial charge is 0.251 e. The molecule has 0 aliphatic carbocycles. The molecule has 0 spiro atoms. The number of methoxy groups -OCH3 is 1. The van der Waals surface area contributed by atoms with Gasteiger partial charge in [-0.1, -0.05) is 0 Å². The summed E-state index contributed by atoms with van der Waals surface area (Å²) in [4.78, 5) is 33.0. The van der Waals surface area contributed by atoms with E-state index in [0.717, 1.165) is 35.3 Å². The number of fused-ring (bicyclic) bond motifs is 4. The molecule has 1 unspecified atom stereocenters. The van der Waals surface area contributed by atoms with E-state index in [0.29, 0.717) is 36.9 Å². The Bertz CT molecular complexity index is 1250. The van der Waals surface area contributed by atoms with Gasteiger partial charge in [-0.05, 0) is 42.3 Å². The summed E-state index contributed by atoms with van der Waals surface area (Å²) in [6.07, 6.45) is 0.987. The van der Waals surface area contributed by atoms with Crippen LogP contribution >= 0.6 is 0 Å². The number of aromatic amines is 1. The van der Waals surface area contributed by atoms with Crippen LogP contribution in [0.3, 0.4) is 0 Å². The van der Waals surface area contributed by atoms with E-state index in [1.54, 1.807) is 25.3 Å². The van der Waals surface area contributed by atoms with Crippen LogP contribution in [0.1, 0.15) is 17.7 Å². The van der Waals surface area contributed by atoms with Gasteiger partial charge in [0.05, 0.1) is 25.3 Å². The number of ether oxygens (including phenoxy) is 3. The predicted molar refractivity (Wildman–Crippen MR) is 117 cm³/mol. The highest BCUT2D eigenvalue weighted by Gasteiger charge is 2.44. The van der Waals surface area contributed by atoms with Gasteiger partial charge in [0.1, 0.15) is 19.0 Å². The predicted octanol–water partition coefficient (Wildman–Crippen LogP) is 2.64. The molecule has 1 N–H and O–H groups in total. The zero-order valence-corrected chi connectivity index (χ0v) is 17.7. The number of imide groups is 1. The lowest BCUT2D eigenvalue weighted by Gasteiger charge is -2.31. The lowest BCUT2D eigenvalue weighted by molar-refractivity contribution is -0.123. The largest absolute Gasteiger partial charge is 0.497 e. The zero-order chi connectivity index (χ0) is 21.8. The van der Waals surface area contributed by atoms with Crippen LogP contribution in [-0.2, 0) is 22.6 Å². The summed E-state index contributed by atoms with van der Waals surface area (Å²) in [5, 5.41) is 1.16. The molecule has 1 saturated heterocycles. The Balaban J connectivity index is 1.26. The average molecular weight is 433 g/mol. The maximum atomic E-state index is 13.3. The maximum Gasteiger partial charge on any atom is 0.251 e. The van der Waals surface area contributed by atoms with Crippen LogP contribution in [0.5, 0.6) is 17.2 Å². The van der Waals surface area contributed by atoms with Crippen LogP contribution in [0.15, 0.2) is 36.4 Å². The first-order chi connectivity index (χ1) is 15.6. The van der Waals surface area contributed by atoms with Crippen molar-refractivity contribution in [2.75, 3.05) is 31.8 Å². The fourth-order valence-electron chi connectivity index (χ4n) is 4.98. The minimum Gasteiger partial charge on any atom is -0.497 e. The number of aromatic nitrogens is 1. The summed E-state index contributed by atoms with van der Waals surface area (Å²) in [5.41, 5.74) is 3.94. The molecule has 3 aliphatic rings. The van der Waals surface area contributed by atoms with Crippen molar-refractivity contribution >= 4 is 28.4 Å². The minimum absolute atomic E-state index is 0.177. The van der Waals surface area contributed by atoms with Crippen molar-refractivity contribution in [1.29, 1.82) is 0 Å². The lowest BCUT2D eigenvalue weighted by atomic mass is 10.0. The fraction of sp³-hybridized carbons (Fsp3) is 0.333. The Morgan fingerprint density at radius 2 is 1.91 bits per heavy atom. The number of H-pyrrole nitrogens is 1. The second-order valence-corrected chi connectivity index (χ2v) is 8.33. The van der Waals surface area contributed by atoms with Gasteiger partial charge in [-0.25, -0.2) is 4.90 Å².